The van der Waals surface area contributed by atoms with Gasteiger partial charge < -0.3 is 0 Å². The van der Waals surface area contributed by atoms with Crippen LogP contribution < -0.4 is 5.43 Å². The van der Waals surface area contributed by atoms with Crippen LogP contribution >= 0.6 is 11.6 Å². The number of halogens is 1. The number of carbonyl (C=O) groups excluding carboxylic acids is 1. The van der Waals surface area contributed by atoms with E-state index in [1.54, 1.807) is 6.21 Å². The molecule has 1 saturated carbocycles. The molecule has 0 unspecified atom stereocenters. The molecule has 4 nitrogen and oxygen atoms in total. The zero-order valence-corrected chi connectivity index (χ0v) is 17.6. The first-order chi connectivity index (χ1) is 13.8. The van der Waals surface area contributed by atoms with E-state index in [2.05, 4.69) is 60.5 Å². The number of amides is 1. The van der Waals surface area contributed by atoms with Gasteiger partial charge in [-0.2, -0.15) is 5.10 Å². The summed E-state index contributed by atoms with van der Waals surface area (Å²) in [5.74, 6) is 0.180. The molecule has 29 heavy (non-hydrogen) atoms. The second kappa shape index (κ2) is 7.60. The third kappa shape index (κ3) is 4.33. The maximum atomic E-state index is 12.4. The van der Waals surface area contributed by atoms with Gasteiger partial charge in [0.1, 0.15) is 5.15 Å². The van der Waals surface area contributed by atoms with Crippen LogP contribution in [-0.4, -0.2) is 17.1 Å². The highest BCUT2D eigenvalue weighted by molar-refractivity contribution is 6.32. The fourth-order valence-electron chi connectivity index (χ4n) is 3.53. The third-order valence-corrected chi connectivity index (χ3v) is 5.72. The second-order valence-electron chi connectivity index (χ2n) is 8.62. The van der Waals surface area contributed by atoms with Gasteiger partial charge in [0.25, 0.3) is 0 Å². The molecule has 1 fully saturated rings. The molecule has 0 bridgehead atoms. The van der Waals surface area contributed by atoms with Crippen molar-refractivity contribution in [3.63, 3.8) is 0 Å². The predicted octanol–water partition coefficient (Wildman–Crippen LogP) is 5.44. The van der Waals surface area contributed by atoms with Gasteiger partial charge in [0.2, 0.25) is 5.91 Å². The number of pyridine rings is 1. The Morgan fingerprint density at radius 3 is 2.62 bits per heavy atom. The van der Waals surface area contributed by atoms with Crippen molar-refractivity contribution < 1.29 is 4.79 Å². The van der Waals surface area contributed by atoms with Gasteiger partial charge in [-0.15, -0.1) is 0 Å². The largest absolute Gasteiger partial charge is 0.273 e. The van der Waals surface area contributed by atoms with E-state index in [1.165, 1.54) is 11.1 Å². The number of hydrazone groups is 1. The number of benzene rings is 2. The lowest BCUT2D eigenvalue weighted by Gasteiger charge is -2.19. The van der Waals surface area contributed by atoms with Crippen LogP contribution in [0.4, 0.5) is 0 Å². The first kappa shape index (κ1) is 19.6. The van der Waals surface area contributed by atoms with Crippen molar-refractivity contribution in [2.45, 2.75) is 38.5 Å². The first-order valence-electron chi connectivity index (χ1n) is 9.81. The fraction of sp³-hybridized carbons (Fsp3) is 0.292. The smallest absolute Gasteiger partial charge is 0.243 e. The van der Waals surface area contributed by atoms with Crippen molar-refractivity contribution in [3.8, 4) is 0 Å². The number of para-hydroxylation sites is 1. The maximum absolute atomic E-state index is 12.4. The summed E-state index contributed by atoms with van der Waals surface area (Å²) >= 11 is 6.23. The van der Waals surface area contributed by atoms with Gasteiger partial charge in [-0.05, 0) is 41.0 Å². The Labute approximate surface area is 176 Å². The van der Waals surface area contributed by atoms with Crippen LogP contribution in [0.1, 0.15) is 49.8 Å². The molecule has 0 aliphatic heterocycles. The van der Waals surface area contributed by atoms with Gasteiger partial charge in [0, 0.05) is 16.9 Å². The van der Waals surface area contributed by atoms with Gasteiger partial charge in [-0.25, -0.2) is 10.4 Å². The standard InChI is InChI=1S/C24H24ClN3O/c1-24(2,3)18-10-8-15(9-11-18)19-13-20(19)23(29)28-26-14-17-12-16-6-4-5-7-21(16)27-22(17)25/h4-12,14,19-20H,13H2,1-3H3,(H,28,29)/b26-14+/t19-,20+/m0/s1. The molecule has 1 amide bonds. The summed E-state index contributed by atoms with van der Waals surface area (Å²) in [5.41, 5.74) is 6.80. The Bertz CT molecular complexity index is 1080. The summed E-state index contributed by atoms with van der Waals surface area (Å²) in [5, 5.41) is 5.44. The van der Waals surface area contributed by atoms with Gasteiger partial charge in [0.15, 0.2) is 0 Å². The molecule has 1 N–H and O–H groups in total. The molecular weight excluding hydrogens is 382 g/mol. The van der Waals surface area contributed by atoms with E-state index in [1.807, 2.05) is 30.3 Å². The minimum atomic E-state index is -0.0592. The van der Waals surface area contributed by atoms with Crippen LogP contribution in [-0.2, 0) is 10.2 Å². The maximum Gasteiger partial charge on any atom is 0.243 e. The molecule has 4 rings (SSSR count). The Balaban J connectivity index is 1.38. The lowest BCUT2D eigenvalue weighted by molar-refractivity contribution is -0.122. The Morgan fingerprint density at radius 2 is 1.90 bits per heavy atom. The van der Waals surface area contributed by atoms with Gasteiger partial charge in [-0.3, -0.25) is 4.79 Å². The van der Waals surface area contributed by atoms with Crippen molar-refractivity contribution in [2.75, 3.05) is 0 Å². The molecule has 0 saturated heterocycles. The first-order valence-corrected chi connectivity index (χ1v) is 10.2. The zero-order valence-electron chi connectivity index (χ0n) is 16.8. The number of fused-ring (bicyclic) bond motifs is 1. The molecule has 0 radical (unpaired) electrons. The van der Waals surface area contributed by atoms with E-state index in [0.717, 1.165) is 17.3 Å². The van der Waals surface area contributed by atoms with Crippen molar-refractivity contribution in [1.82, 2.24) is 10.4 Å². The molecule has 2 atom stereocenters. The van der Waals surface area contributed by atoms with E-state index in [-0.39, 0.29) is 23.2 Å². The van der Waals surface area contributed by atoms with Crippen molar-refractivity contribution in [1.29, 1.82) is 0 Å². The highest BCUT2D eigenvalue weighted by atomic mass is 35.5. The van der Waals surface area contributed by atoms with Crippen LogP contribution in [0.15, 0.2) is 59.7 Å². The molecule has 1 aromatic heterocycles. The minimum absolute atomic E-state index is 0.0298. The van der Waals surface area contributed by atoms with Gasteiger partial charge in [-0.1, -0.05) is 74.8 Å². The monoisotopic (exact) mass is 405 g/mol. The Kier molecular flexibility index (Phi) is 5.13. The molecule has 1 aliphatic carbocycles. The minimum Gasteiger partial charge on any atom is -0.273 e. The molecule has 1 heterocycles. The number of hydrogen-bond donors (Lipinski definition) is 1. The van der Waals surface area contributed by atoms with Crippen molar-refractivity contribution >= 4 is 34.6 Å². The van der Waals surface area contributed by atoms with Crippen molar-refractivity contribution in [3.05, 3.63) is 76.4 Å². The van der Waals surface area contributed by atoms with Crippen LogP contribution in [0, 0.1) is 5.92 Å². The van der Waals surface area contributed by atoms with Crippen LogP contribution in [0.2, 0.25) is 5.15 Å². The van der Waals surface area contributed by atoms with E-state index >= 15 is 0 Å². The summed E-state index contributed by atoms with van der Waals surface area (Å²) < 4.78 is 0. The number of nitrogens with one attached hydrogen (secondary N) is 1. The molecule has 5 heteroatoms. The number of nitrogens with zero attached hydrogens (tertiary/aromatic N) is 2. The number of aromatic nitrogens is 1. The lowest BCUT2D eigenvalue weighted by atomic mass is 9.86. The molecule has 1 aliphatic rings. The topological polar surface area (TPSA) is 54.4 Å². The number of rotatable bonds is 4. The van der Waals surface area contributed by atoms with Crippen LogP contribution in [0.25, 0.3) is 10.9 Å². The zero-order chi connectivity index (χ0) is 20.6. The summed E-state index contributed by atoms with van der Waals surface area (Å²) in [6.07, 6.45) is 2.41. The number of carbonyl (C=O) groups is 1. The summed E-state index contributed by atoms with van der Waals surface area (Å²) in [6, 6.07) is 18.3. The fourth-order valence-corrected chi connectivity index (χ4v) is 3.73. The second-order valence-corrected chi connectivity index (χ2v) is 8.97. The molecule has 2 aromatic carbocycles. The predicted molar refractivity (Wildman–Crippen MR) is 118 cm³/mol. The highest BCUT2D eigenvalue weighted by Crippen LogP contribution is 2.47. The van der Waals surface area contributed by atoms with Crippen molar-refractivity contribution in [2.24, 2.45) is 11.0 Å². The average molecular weight is 406 g/mol. The van der Waals surface area contributed by atoms with Gasteiger partial charge in [0.05, 0.1) is 11.7 Å². The van der Waals surface area contributed by atoms with E-state index in [9.17, 15) is 4.79 Å². The normalized spacial score (nSPS) is 18.9. The summed E-state index contributed by atoms with van der Waals surface area (Å²) in [6.45, 7) is 6.60. The van der Waals surface area contributed by atoms with Gasteiger partial charge >= 0.3 is 0 Å². The quantitative estimate of drug-likeness (QED) is 0.357. The van der Waals surface area contributed by atoms with E-state index < -0.39 is 0 Å². The molecule has 0 spiro atoms. The summed E-state index contributed by atoms with van der Waals surface area (Å²) in [7, 11) is 0. The molecular formula is C24H24ClN3O. The van der Waals surface area contributed by atoms with E-state index in [4.69, 9.17) is 11.6 Å². The van der Waals surface area contributed by atoms with Crippen LogP contribution in [0.5, 0.6) is 0 Å². The number of hydrogen-bond acceptors (Lipinski definition) is 3. The molecule has 3 aromatic rings. The Morgan fingerprint density at radius 1 is 1.17 bits per heavy atom. The highest BCUT2D eigenvalue weighted by Gasteiger charge is 2.44. The van der Waals surface area contributed by atoms with E-state index in [0.29, 0.717) is 10.7 Å². The van der Waals surface area contributed by atoms with Crippen LogP contribution in [0.3, 0.4) is 0 Å². The average Bonchev–Trinajstić information content (AvgIpc) is 3.49. The Hall–Kier alpha value is -2.72. The molecule has 148 valence electrons. The summed E-state index contributed by atoms with van der Waals surface area (Å²) in [4.78, 5) is 16.8. The lowest BCUT2D eigenvalue weighted by Crippen LogP contribution is -2.20. The SMILES string of the molecule is CC(C)(C)c1ccc([C@@H]2C[C@H]2C(=O)N/N=C/c2cc3ccccc3nc2Cl)cc1. The third-order valence-electron chi connectivity index (χ3n) is 5.42.